The molecule has 1 fully saturated rings. The summed E-state index contributed by atoms with van der Waals surface area (Å²) in [5.74, 6) is -2.21. The highest BCUT2D eigenvalue weighted by atomic mass is 32.1. The number of amides is 4. The van der Waals surface area contributed by atoms with Crippen molar-refractivity contribution in [2.75, 3.05) is 13.2 Å². The zero-order valence-electron chi connectivity index (χ0n) is 23.8. The summed E-state index contributed by atoms with van der Waals surface area (Å²) in [5.41, 5.74) is 0. The zero-order chi connectivity index (χ0) is 29.9. The van der Waals surface area contributed by atoms with Crippen LogP contribution in [0.5, 0.6) is 5.75 Å². The zero-order valence-corrected chi connectivity index (χ0v) is 24.7. The van der Waals surface area contributed by atoms with Gasteiger partial charge >= 0.3 is 0 Å². The topological polar surface area (TPSA) is 156 Å². The van der Waals surface area contributed by atoms with Crippen molar-refractivity contribution in [1.29, 1.82) is 0 Å². The fourth-order valence-electron chi connectivity index (χ4n) is 4.53. The number of carbonyl (C=O) groups is 5. The number of ketones is 1. The minimum absolute atomic E-state index is 0.0335. The second-order valence-corrected chi connectivity index (χ2v) is 11.8. The minimum Gasteiger partial charge on any atom is -0.484 e. The Morgan fingerprint density at radius 3 is 2.32 bits per heavy atom. The molecule has 0 aliphatic carbocycles. The van der Waals surface area contributed by atoms with Crippen molar-refractivity contribution in [3.05, 3.63) is 46.9 Å². The van der Waals surface area contributed by atoms with E-state index < -0.39 is 41.8 Å². The van der Waals surface area contributed by atoms with E-state index >= 15 is 0 Å². The molecule has 4 N–H and O–H groups in total. The number of benzene rings is 1. The van der Waals surface area contributed by atoms with Crippen molar-refractivity contribution in [2.24, 2.45) is 17.8 Å². The molecule has 4 atom stereocenters. The van der Waals surface area contributed by atoms with E-state index in [1.54, 1.807) is 43.5 Å². The molecule has 12 heteroatoms. The molecule has 0 spiro atoms. The first kappa shape index (κ1) is 31.7. The van der Waals surface area contributed by atoms with Gasteiger partial charge in [0.2, 0.25) is 23.5 Å². The van der Waals surface area contributed by atoms with E-state index in [1.165, 1.54) is 6.20 Å². The molecule has 0 bridgehead atoms. The van der Waals surface area contributed by atoms with E-state index in [2.05, 4.69) is 26.3 Å². The summed E-state index contributed by atoms with van der Waals surface area (Å²) < 4.78 is 5.49. The third kappa shape index (κ3) is 9.66. The molecule has 4 amide bonds. The number of rotatable bonds is 15. The number of aromatic nitrogens is 1. The first-order valence-corrected chi connectivity index (χ1v) is 14.7. The second kappa shape index (κ2) is 15.3. The van der Waals surface area contributed by atoms with Crippen molar-refractivity contribution in [3.8, 4) is 5.75 Å². The summed E-state index contributed by atoms with van der Waals surface area (Å²) in [6.07, 6.45) is 2.50. The van der Waals surface area contributed by atoms with Gasteiger partial charge in [0.25, 0.3) is 5.91 Å². The van der Waals surface area contributed by atoms with Crippen LogP contribution >= 0.6 is 11.3 Å². The van der Waals surface area contributed by atoms with Crippen LogP contribution in [0.15, 0.2) is 41.9 Å². The Labute approximate surface area is 244 Å². The summed E-state index contributed by atoms with van der Waals surface area (Å²) in [7, 11) is 0. The SMILES string of the molecule is CC(C)C[C@@H](NC(=O)[C@H](NC(=O)COc1ccccc1)C(C)C)C(=O)N[C@H](C[C@H]1CCNC1=O)C(=O)c1nccs1. The van der Waals surface area contributed by atoms with Gasteiger partial charge in [0.15, 0.2) is 11.6 Å². The van der Waals surface area contributed by atoms with Crippen LogP contribution in [0.3, 0.4) is 0 Å². The first-order valence-electron chi connectivity index (χ1n) is 13.8. The van der Waals surface area contributed by atoms with Crippen LogP contribution < -0.4 is 26.0 Å². The average Bonchev–Trinajstić information content (AvgIpc) is 3.61. The molecule has 2 heterocycles. The lowest BCUT2D eigenvalue weighted by atomic mass is 9.95. The van der Waals surface area contributed by atoms with Crippen LogP contribution in [0.2, 0.25) is 0 Å². The monoisotopic (exact) mass is 585 g/mol. The molecule has 1 saturated heterocycles. The van der Waals surface area contributed by atoms with Gasteiger partial charge < -0.3 is 26.0 Å². The number of hydrogen-bond donors (Lipinski definition) is 4. The Kier molecular flexibility index (Phi) is 11.8. The maximum absolute atomic E-state index is 13.5. The van der Waals surface area contributed by atoms with E-state index in [0.29, 0.717) is 25.1 Å². The molecule has 1 aliphatic heterocycles. The van der Waals surface area contributed by atoms with Crippen LogP contribution in [0.25, 0.3) is 0 Å². The number of nitrogens with zero attached hydrogens (tertiary/aromatic N) is 1. The summed E-state index contributed by atoms with van der Waals surface area (Å²) >= 11 is 1.16. The summed E-state index contributed by atoms with van der Waals surface area (Å²) in [4.78, 5) is 69.0. The summed E-state index contributed by atoms with van der Waals surface area (Å²) in [6, 6.07) is 5.98. The smallest absolute Gasteiger partial charge is 0.258 e. The molecule has 0 saturated carbocycles. The third-order valence-electron chi connectivity index (χ3n) is 6.68. The lowest BCUT2D eigenvalue weighted by Gasteiger charge is -2.27. The quantitative estimate of drug-likeness (QED) is 0.233. The predicted molar refractivity (Wildman–Crippen MR) is 154 cm³/mol. The van der Waals surface area contributed by atoms with Gasteiger partial charge in [-0.2, -0.15) is 0 Å². The fraction of sp³-hybridized carbons (Fsp3) is 0.517. The molecule has 1 aliphatic rings. The maximum atomic E-state index is 13.5. The molecule has 1 aromatic heterocycles. The number of carbonyl (C=O) groups excluding carboxylic acids is 5. The van der Waals surface area contributed by atoms with Crippen LogP contribution in [0, 0.1) is 17.8 Å². The lowest BCUT2D eigenvalue weighted by Crippen LogP contribution is -2.57. The van der Waals surface area contributed by atoms with Gasteiger partial charge in [-0.1, -0.05) is 45.9 Å². The van der Waals surface area contributed by atoms with Crippen LogP contribution in [-0.4, -0.2) is 65.7 Å². The molecule has 0 radical (unpaired) electrons. The van der Waals surface area contributed by atoms with Crippen LogP contribution in [0.1, 0.15) is 56.8 Å². The molecular weight excluding hydrogens is 546 g/mol. The van der Waals surface area contributed by atoms with Gasteiger partial charge in [-0.15, -0.1) is 11.3 Å². The predicted octanol–water partition coefficient (Wildman–Crippen LogP) is 2.09. The van der Waals surface area contributed by atoms with Gasteiger partial charge in [-0.25, -0.2) is 4.98 Å². The molecule has 222 valence electrons. The number of para-hydroxylation sites is 1. The Bertz CT molecular complexity index is 1190. The number of Topliss-reactive ketones (excluding diaryl/α,β-unsaturated/α-hetero) is 1. The van der Waals surface area contributed by atoms with Crippen molar-refractivity contribution in [2.45, 2.75) is 65.1 Å². The molecular formula is C29H39N5O6S. The number of hydrogen-bond acceptors (Lipinski definition) is 8. The summed E-state index contributed by atoms with van der Waals surface area (Å²) in [5, 5.41) is 12.9. The fourth-order valence-corrected chi connectivity index (χ4v) is 5.16. The number of thiazole rings is 1. The van der Waals surface area contributed by atoms with Gasteiger partial charge in [0.1, 0.15) is 17.8 Å². The van der Waals surface area contributed by atoms with Gasteiger partial charge in [-0.3, -0.25) is 24.0 Å². The lowest BCUT2D eigenvalue weighted by molar-refractivity contribution is -0.134. The highest BCUT2D eigenvalue weighted by Gasteiger charge is 2.35. The van der Waals surface area contributed by atoms with E-state index in [9.17, 15) is 24.0 Å². The Morgan fingerprint density at radius 2 is 1.73 bits per heavy atom. The van der Waals surface area contributed by atoms with Crippen molar-refractivity contribution >= 4 is 40.7 Å². The highest BCUT2D eigenvalue weighted by molar-refractivity contribution is 7.11. The van der Waals surface area contributed by atoms with Crippen molar-refractivity contribution in [1.82, 2.24) is 26.3 Å². The Balaban J connectivity index is 1.69. The minimum atomic E-state index is -0.982. The van der Waals surface area contributed by atoms with Crippen molar-refractivity contribution in [3.63, 3.8) is 0 Å². The molecule has 3 rings (SSSR count). The van der Waals surface area contributed by atoms with E-state index in [4.69, 9.17) is 4.74 Å². The van der Waals surface area contributed by atoms with E-state index in [1.807, 2.05) is 19.9 Å². The van der Waals surface area contributed by atoms with E-state index in [-0.39, 0.29) is 41.6 Å². The Morgan fingerprint density at radius 1 is 1.02 bits per heavy atom. The summed E-state index contributed by atoms with van der Waals surface area (Å²) in [6.45, 7) is 7.64. The Hall–Kier alpha value is -3.80. The molecule has 11 nitrogen and oxygen atoms in total. The van der Waals surface area contributed by atoms with Crippen molar-refractivity contribution < 1.29 is 28.7 Å². The molecule has 0 unspecified atom stereocenters. The number of ether oxygens (including phenoxy) is 1. The molecule has 41 heavy (non-hydrogen) atoms. The third-order valence-corrected chi connectivity index (χ3v) is 7.47. The van der Waals surface area contributed by atoms with E-state index in [0.717, 1.165) is 11.3 Å². The number of nitrogens with one attached hydrogen (secondary N) is 4. The van der Waals surface area contributed by atoms with Gasteiger partial charge in [0.05, 0.1) is 6.04 Å². The standard InChI is InChI=1S/C29H39N5O6S/c1-17(2)14-22(33-28(39)24(18(3)4)34-23(35)16-40-20-8-6-5-7-9-20)27(38)32-21(15-19-10-11-30-26(19)37)25(36)29-31-12-13-41-29/h5-9,12-13,17-19,21-22,24H,10-11,14-16H2,1-4H3,(H,30,37)(H,32,38)(H,33,39)(H,34,35)/t19-,21-,22-,24-/m1/s1. The second-order valence-electron chi connectivity index (χ2n) is 10.9. The highest BCUT2D eigenvalue weighted by Crippen LogP contribution is 2.20. The van der Waals surface area contributed by atoms with Crippen LogP contribution in [-0.2, 0) is 19.2 Å². The largest absolute Gasteiger partial charge is 0.484 e. The average molecular weight is 586 g/mol. The maximum Gasteiger partial charge on any atom is 0.258 e. The van der Waals surface area contributed by atoms with Gasteiger partial charge in [-0.05, 0) is 43.2 Å². The first-order chi connectivity index (χ1) is 19.5. The van der Waals surface area contributed by atoms with Crippen LogP contribution in [0.4, 0.5) is 0 Å². The molecule has 2 aromatic rings. The van der Waals surface area contributed by atoms with Gasteiger partial charge in [0, 0.05) is 24.0 Å². The normalized spacial score (nSPS) is 16.9. The molecule has 1 aromatic carbocycles.